The van der Waals surface area contributed by atoms with Crippen LogP contribution >= 0.6 is 0 Å². The lowest BCUT2D eigenvalue weighted by Crippen LogP contribution is -2.20. The van der Waals surface area contributed by atoms with E-state index in [1.165, 1.54) is 34.5 Å². The fourth-order valence-corrected chi connectivity index (χ4v) is 2.89. The van der Waals surface area contributed by atoms with Gasteiger partial charge in [-0.2, -0.15) is 0 Å². The molecule has 10 heteroatoms. The van der Waals surface area contributed by atoms with Gasteiger partial charge in [0.1, 0.15) is 11.5 Å². The molecular formula is C22H22N2O8. The Bertz CT molecular complexity index is 1060. The summed E-state index contributed by atoms with van der Waals surface area (Å²) in [5, 5.41) is 0. The first kappa shape index (κ1) is 22.5. The third kappa shape index (κ3) is 4.91. The van der Waals surface area contributed by atoms with Crippen molar-refractivity contribution in [2.75, 3.05) is 35.0 Å². The summed E-state index contributed by atoms with van der Waals surface area (Å²) in [7, 11) is 5.89. The van der Waals surface area contributed by atoms with Crippen LogP contribution in [0.3, 0.4) is 0 Å². The molecule has 0 radical (unpaired) electrons. The molecule has 1 aliphatic rings. The average Bonchev–Trinajstić information content (AvgIpc) is 3.16. The van der Waals surface area contributed by atoms with Crippen LogP contribution in [-0.4, -0.2) is 52.8 Å². The molecule has 1 amide bonds. The first-order valence-electron chi connectivity index (χ1n) is 9.31. The number of rotatable bonds is 9. The van der Waals surface area contributed by atoms with Crippen LogP contribution in [0.1, 0.15) is 11.1 Å². The van der Waals surface area contributed by atoms with Crippen LogP contribution in [0.4, 0.5) is 0 Å². The van der Waals surface area contributed by atoms with Crippen molar-refractivity contribution in [2.45, 2.75) is 0 Å². The van der Waals surface area contributed by atoms with Crippen molar-refractivity contribution in [1.82, 2.24) is 0 Å². The molecule has 32 heavy (non-hydrogen) atoms. The van der Waals surface area contributed by atoms with Gasteiger partial charge in [0.05, 0.1) is 28.4 Å². The van der Waals surface area contributed by atoms with E-state index in [-0.39, 0.29) is 35.5 Å². The van der Waals surface area contributed by atoms with Crippen LogP contribution < -0.4 is 29.4 Å². The lowest BCUT2D eigenvalue weighted by Gasteiger charge is -2.14. The van der Waals surface area contributed by atoms with Gasteiger partial charge in [0.25, 0.3) is 5.91 Å². The first-order valence-corrected chi connectivity index (χ1v) is 9.31. The van der Waals surface area contributed by atoms with Crippen LogP contribution in [0, 0.1) is 0 Å². The number of cyclic esters (lactones) is 1. The Morgan fingerprint density at radius 1 is 0.969 bits per heavy atom. The lowest BCUT2D eigenvalue weighted by atomic mass is 10.1. The largest absolute Gasteiger partial charge is 0.497 e. The molecule has 0 unspecified atom stereocenters. The topological polar surface area (TPSA) is 128 Å². The second-order valence-corrected chi connectivity index (χ2v) is 6.45. The van der Waals surface area contributed by atoms with E-state index in [4.69, 9.17) is 34.2 Å². The molecule has 0 saturated heterocycles. The number of hydrogen-bond donors (Lipinski definition) is 1. The van der Waals surface area contributed by atoms with Crippen molar-refractivity contribution in [3.63, 3.8) is 0 Å². The summed E-state index contributed by atoms with van der Waals surface area (Å²) < 4.78 is 31.9. The number of esters is 1. The number of nitrogens with zero attached hydrogens (tertiary/aromatic N) is 1. The van der Waals surface area contributed by atoms with Crippen molar-refractivity contribution in [2.24, 2.45) is 10.7 Å². The number of methoxy groups -OCH3 is 4. The van der Waals surface area contributed by atoms with E-state index in [2.05, 4.69) is 4.99 Å². The second-order valence-electron chi connectivity index (χ2n) is 6.45. The predicted molar refractivity (Wildman–Crippen MR) is 114 cm³/mol. The normalized spacial score (nSPS) is 13.9. The van der Waals surface area contributed by atoms with Crippen molar-refractivity contribution in [1.29, 1.82) is 0 Å². The van der Waals surface area contributed by atoms with E-state index in [0.717, 1.165) is 0 Å². The van der Waals surface area contributed by atoms with Gasteiger partial charge in [-0.05, 0) is 35.9 Å². The highest BCUT2D eigenvalue weighted by molar-refractivity contribution is 6.13. The molecule has 168 valence electrons. The van der Waals surface area contributed by atoms with Gasteiger partial charge in [0.15, 0.2) is 23.8 Å². The fraction of sp³-hybridized carbons (Fsp3) is 0.227. The van der Waals surface area contributed by atoms with Gasteiger partial charge in [-0.3, -0.25) is 4.79 Å². The first-order chi connectivity index (χ1) is 15.4. The van der Waals surface area contributed by atoms with E-state index < -0.39 is 11.9 Å². The molecular weight excluding hydrogens is 420 g/mol. The fourth-order valence-electron chi connectivity index (χ4n) is 2.89. The third-order valence-electron chi connectivity index (χ3n) is 4.36. The Kier molecular flexibility index (Phi) is 6.83. The average molecular weight is 442 g/mol. The molecule has 1 heterocycles. The van der Waals surface area contributed by atoms with E-state index in [1.807, 2.05) is 0 Å². The minimum Gasteiger partial charge on any atom is -0.497 e. The summed E-state index contributed by atoms with van der Waals surface area (Å²) in [6, 6.07) is 8.24. The van der Waals surface area contributed by atoms with Crippen LogP contribution in [-0.2, 0) is 14.3 Å². The molecule has 0 saturated carbocycles. The van der Waals surface area contributed by atoms with Gasteiger partial charge in [-0.25, -0.2) is 9.79 Å². The number of benzene rings is 2. The minimum atomic E-state index is -0.648. The van der Waals surface area contributed by atoms with Crippen molar-refractivity contribution >= 4 is 23.9 Å². The molecule has 3 rings (SSSR count). The van der Waals surface area contributed by atoms with Crippen molar-refractivity contribution in [3.8, 4) is 28.7 Å². The number of carbonyl (C=O) groups is 2. The molecule has 0 aliphatic carbocycles. The van der Waals surface area contributed by atoms with Gasteiger partial charge in [-0.1, -0.05) is 0 Å². The van der Waals surface area contributed by atoms with Gasteiger partial charge < -0.3 is 34.2 Å². The number of ether oxygens (including phenoxy) is 6. The summed E-state index contributed by atoms with van der Waals surface area (Å²) in [6.45, 7) is -0.350. The quantitative estimate of drug-likeness (QED) is 0.461. The summed E-state index contributed by atoms with van der Waals surface area (Å²) in [5.41, 5.74) is 6.25. The molecule has 1 aliphatic heterocycles. The SMILES string of the molecule is COc1cc(OC)cc(C2=N/C(=C\c3cc(OC)c(OCC(N)=O)c(OC)c3)C(=O)O2)c1. The molecule has 0 atom stereocenters. The third-order valence-corrected chi connectivity index (χ3v) is 4.36. The number of aliphatic imine (C=N–C) groups is 1. The predicted octanol–water partition coefficient (Wildman–Crippen LogP) is 1.93. The zero-order valence-corrected chi connectivity index (χ0v) is 18.0. The molecule has 0 aromatic heterocycles. The Morgan fingerprint density at radius 2 is 1.56 bits per heavy atom. The number of nitrogens with two attached hydrogens (primary N) is 1. The smallest absolute Gasteiger partial charge is 0.363 e. The summed E-state index contributed by atoms with van der Waals surface area (Å²) in [4.78, 5) is 27.8. The van der Waals surface area contributed by atoms with E-state index in [0.29, 0.717) is 22.6 Å². The molecule has 2 N–H and O–H groups in total. The molecule has 2 aromatic rings. The monoisotopic (exact) mass is 442 g/mol. The zero-order chi connectivity index (χ0) is 23.3. The van der Waals surface area contributed by atoms with Crippen LogP contribution in [0.2, 0.25) is 0 Å². The number of carbonyl (C=O) groups excluding carboxylic acids is 2. The summed E-state index contributed by atoms with van der Waals surface area (Å²) in [5.74, 6) is 0.652. The van der Waals surface area contributed by atoms with Gasteiger partial charge in [0, 0.05) is 11.6 Å². The van der Waals surface area contributed by atoms with E-state index in [9.17, 15) is 9.59 Å². The van der Waals surface area contributed by atoms with Gasteiger partial charge in [0.2, 0.25) is 11.6 Å². The highest BCUT2D eigenvalue weighted by Gasteiger charge is 2.25. The Morgan fingerprint density at radius 3 is 2.06 bits per heavy atom. The molecule has 0 fully saturated rings. The Labute approximate surface area is 184 Å². The Hall–Kier alpha value is -4.21. The maximum Gasteiger partial charge on any atom is 0.363 e. The maximum absolute atomic E-state index is 12.4. The van der Waals surface area contributed by atoms with E-state index in [1.54, 1.807) is 30.3 Å². The summed E-state index contributed by atoms with van der Waals surface area (Å²) in [6.07, 6.45) is 1.51. The molecule has 2 aromatic carbocycles. The Balaban J connectivity index is 1.98. The van der Waals surface area contributed by atoms with Gasteiger partial charge in [-0.15, -0.1) is 0 Å². The van der Waals surface area contributed by atoms with Crippen LogP contribution in [0.15, 0.2) is 41.0 Å². The lowest BCUT2D eigenvalue weighted by molar-refractivity contribution is -0.130. The highest BCUT2D eigenvalue weighted by atomic mass is 16.6. The maximum atomic E-state index is 12.4. The second kappa shape index (κ2) is 9.73. The van der Waals surface area contributed by atoms with Crippen LogP contribution in [0.25, 0.3) is 6.08 Å². The van der Waals surface area contributed by atoms with Gasteiger partial charge >= 0.3 is 5.97 Å². The zero-order valence-electron chi connectivity index (χ0n) is 18.0. The standard InChI is InChI=1S/C22H22N2O8/c1-27-14-8-13(9-15(10-14)28-2)21-24-16(22(26)32-21)5-12-6-17(29-3)20(18(7-12)30-4)31-11-19(23)25/h5-10H,11H2,1-4H3,(H2,23,25)/b16-5-. The van der Waals surface area contributed by atoms with E-state index >= 15 is 0 Å². The van der Waals surface area contributed by atoms with Crippen molar-refractivity contribution in [3.05, 3.63) is 47.2 Å². The molecule has 0 spiro atoms. The molecule has 10 nitrogen and oxygen atoms in total. The highest BCUT2D eigenvalue weighted by Crippen LogP contribution is 2.39. The number of hydrogen-bond acceptors (Lipinski definition) is 9. The molecule has 0 bridgehead atoms. The number of amides is 1. The summed E-state index contributed by atoms with van der Waals surface area (Å²) >= 11 is 0. The van der Waals surface area contributed by atoms with Crippen LogP contribution in [0.5, 0.6) is 28.7 Å². The number of primary amides is 1. The van der Waals surface area contributed by atoms with Crippen molar-refractivity contribution < 1.29 is 38.0 Å². The minimum absolute atomic E-state index is 0.0664.